The highest BCUT2D eigenvalue weighted by Gasteiger charge is 2.48. The van der Waals surface area contributed by atoms with Crippen LogP contribution in [0.2, 0.25) is 0 Å². The van der Waals surface area contributed by atoms with Gasteiger partial charge in [0.1, 0.15) is 0 Å². The number of amides is 1. The van der Waals surface area contributed by atoms with Crippen LogP contribution in [0.4, 0.5) is 4.79 Å². The maximum absolute atomic E-state index is 12.8. The second-order valence-electron chi connectivity index (χ2n) is 8.81. The fraction of sp³-hybridized carbons (Fsp3) is 0.583. The van der Waals surface area contributed by atoms with Gasteiger partial charge in [0, 0.05) is 24.9 Å². The van der Waals surface area contributed by atoms with Gasteiger partial charge in [-0.25, -0.2) is 9.59 Å². The van der Waals surface area contributed by atoms with E-state index in [0.717, 1.165) is 32.1 Å². The van der Waals surface area contributed by atoms with Crippen LogP contribution >= 0.6 is 0 Å². The molecular weight excluding hydrogens is 382 g/mol. The number of piperidine rings is 1. The predicted molar refractivity (Wildman–Crippen MR) is 111 cm³/mol. The molecule has 162 valence electrons. The van der Waals surface area contributed by atoms with Crippen molar-refractivity contribution in [3.63, 3.8) is 0 Å². The molecule has 0 N–H and O–H groups in total. The van der Waals surface area contributed by atoms with Gasteiger partial charge >= 0.3 is 12.1 Å². The lowest BCUT2D eigenvalue weighted by Gasteiger charge is -2.37. The highest BCUT2D eigenvalue weighted by atomic mass is 16.7. The summed E-state index contributed by atoms with van der Waals surface area (Å²) < 4.78 is 16.4. The lowest BCUT2D eigenvalue weighted by molar-refractivity contribution is -0.147. The van der Waals surface area contributed by atoms with Crippen LogP contribution in [0, 0.1) is 23.7 Å². The Morgan fingerprint density at radius 1 is 1.10 bits per heavy atom. The second-order valence-corrected chi connectivity index (χ2v) is 8.81. The van der Waals surface area contributed by atoms with Crippen LogP contribution in [0.25, 0.3) is 0 Å². The zero-order chi connectivity index (χ0) is 21.1. The number of hydrogen-bond donors (Lipinski definition) is 0. The molecule has 0 bridgehead atoms. The van der Waals surface area contributed by atoms with Gasteiger partial charge in [0.2, 0.25) is 6.29 Å². The number of carbonyl (C=O) groups excluding carboxylic acids is 2. The molecule has 0 radical (unpaired) electrons. The molecule has 0 spiro atoms. The van der Waals surface area contributed by atoms with E-state index >= 15 is 0 Å². The Morgan fingerprint density at radius 2 is 1.83 bits per heavy atom. The molecule has 1 aliphatic carbocycles. The minimum atomic E-state index is -0.643. The number of hydrogen-bond acceptors (Lipinski definition) is 5. The molecule has 2 heterocycles. The number of rotatable bonds is 4. The van der Waals surface area contributed by atoms with Gasteiger partial charge < -0.3 is 19.1 Å². The Labute approximate surface area is 178 Å². The van der Waals surface area contributed by atoms with E-state index in [1.54, 1.807) is 4.90 Å². The van der Waals surface area contributed by atoms with E-state index in [1.807, 2.05) is 6.07 Å². The Hall–Kier alpha value is -2.50. The minimum Gasteiger partial charge on any atom is -0.466 e. The van der Waals surface area contributed by atoms with E-state index < -0.39 is 6.29 Å². The largest absolute Gasteiger partial charge is 0.466 e. The maximum atomic E-state index is 12.8. The van der Waals surface area contributed by atoms with Crippen molar-refractivity contribution in [3.05, 3.63) is 47.7 Å². The smallest absolute Gasteiger partial charge is 0.412 e. The number of fused-ring (bicyclic) bond motifs is 1. The average Bonchev–Trinajstić information content (AvgIpc) is 3.17. The van der Waals surface area contributed by atoms with E-state index in [1.165, 1.54) is 18.9 Å². The molecule has 4 atom stereocenters. The van der Waals surface area contributed by atoms with Gasteiger partial charge in [-0.1, -0.05) is 37.3 Å². The molecule has 2 fully saturated rings. The maximum Gasteiger partial charge on any atom is 0.412 e. The second kappa shape index (κ2) is 9.11. The third kappa shape index (κ3) is 4.32. The van der Waals surface area contributed by atoms with Crippen molar-refractivity contribution in [2.75, 3.05) is 20.2 Å². The third-order valence-corrected chi connectivity index (χ3v) is 6.98. The van der Waals surface area contributed by atoms with Crippen molar-refractivity contribution in [3.8, 4) is 0 Å². The zero-order valence-corrected chi connectivity index (χ0v) is 17.8. The summed E-state index contributed by atoms with van der Waals surface area (Å²) in [5.41, 5.74) is 1.91. The Morgan fingerprint density at radius 3 is 2.53 bits per heavy atom. The zero-order valence-electron chi connectivity index (χ0n) is 17.8. The summed E-state index contributed by atoms with van der Waals surface area (Å²) in [4.78, 5) is 26.7. The van der Waals surface area contributed by atoms with E-state index in [9.17, 15) is 9.59 Å². The monoisotopic (exact) mass is 413 g/mol. The van der Waals surface area contributed by atoms with Crippen LogP contribution in [0.3, 0.4) is 0 Å². The van der Waals surface area contributed by atoms with Gasteiger partial charge in [0.15, 0.2) is 0 Å². The first-order valence-electron chi connectivity index (χ1n) is 11.0. The molecular formula is C24H31NO5. The SMILES string of the molecule is COC(=O)C1=COC(OC(=O)N2CCC(Cc3ccccc3)CC2)C2C(C)CCC12. The molecule has 1 saturated carbocycles. The van der Waals surface area contributed by atoms with Crippen molar-refractivity contribution in [2.24, 2.45) is 23.7 Å². The summed E-state index contributed by atoms with van der Waals surface area (Å²) in [6.45, 7) is 3.54. The van der Waals surface area contributed by atoms with Crippen molar-refractivity contribution in [1.29, 1.82) is 0 Å². The van der Waals surface area contributed by atoms with Gasteiger partial charge in [-0.05, 0) is 49.5 Å². The highest BCUT2D eigenvalue weighted by Crippen LogP contribution is 2.47. The van der Waals surface area contributed by atoms with Crippen molar-refractivity contribution >= 4 is 12.1 Å². The fourth-order valence-corrected chi connectivity index (χ4v) is 5.23. The van der Waals surface area contributed by atoms with Gasteiger partial charge in [0.25, 0.3) is 0 Å². The number of benzene rings is 1. The molecule has 6 nitrogen and oxygen atoms in total. The highest BCUT2D eigenvalue weighted by molar-refractivity contribution is 5.89. The standard InChI is InChI=1S/C24H31NO5/c1-16-8-9-19-20(22(26)28-2)15-29-23(21(16)19)30-24(27)25-12-10-18(11-13-25)14-17-6-4-3-5-7-17/h3-7,15-16,18-19,21,23H,8-14H2,1-2H3. The van der Waals surface area contributed by atoms with E-state index in [4.69, 9.17) is 14.2 Å². The molecule has 1 saturated heterocycles. The summed E-state index contributed by atoms with van der Waals surface area (Å²) in [5.74, 6) is 0.563. The first kappa shape index (κ1) is 20.8. The number of ether oxygens (including phenoxy) is 3. The summed E-state index contributed by atoms with van der Waals surface area (Å²) in [7, 11) is 1.38. The van der Waals surface area contributed by atoms with E-state index in [0.29, 0.717) is 30.5 Å². The lowest BCUT2D eigenvalue weighted by Crippen LogP contribution is -2.44. The van der Waals surface area contributed by atoms with Crippen LogP contribution in [0.1, 0.15) is 38.2 Å². The predicted octanol–water partition coefficient (Wildman–Crippen LogP) is 4.15. The van der Waals surface area contributed by atoms with E-state index in [-0.39, 0.29) is 23.9 Å². The van der Waals surface area contributed by atoms with Crippen molar-refractivity contribution in [2.45, 2.75) is 45.3 Å². The molecule has 4 rings (SSSR count). The molecule has 1 aromatic rings. The van der Waals surface area contributed by atoms with Crippen LogP contribution in [0.15, 0.2) is 42.2 Å². The van der Waals surface area contributed by atoms with Crippen LogP contribution < -0.4 is 0 Å². The lowest BCUT2D eigenvalue weighted by atomic mass is 9.83. The van der Waals surface area contributed by atoms with E-state index in [2.05, 4.69) is 31.2 Å². The summed E-state index contributed by atoms with van der Waals surface area (Å²) >= 11 is 0. The molecule has 6 heteroatoms. The normalized spacial score (nSPS) is 28.9. The fourth-order valence-electron chi connectivity index (χ4n) is 5.23. The third-order valence-electron chi connectivity index (χ3n) is 6.98. The van der Waals surface area contributed by atoms with Gasteiger partial charge in [0.05, 0.1) is 18.9 Å². The number of carbonyl (C=O) groups is 2. The summed E-state index contributed by atoms with van der Waals surface area (Å²) in [6, 6.07) is 10.5. The molecule has 4 unspecified atom stereocenters. The van der Waals surface area contributed by atoms with Crippen molar-refractivity contribution < 1.29 is 23.8 Å². The van der Waals surface area contributed by atoms with Gasteiger partial charge in [-0.2, -0.15) is 0 Å². The Bertz CT molecular complexity index is 784. The van der Waals surface area contributed by atoms with Crippen LogP contribution in [-0.4, -0.2) is 43.5 Å². The average molecular weight is 414 g/mol. The number of methoxy groups -OCH3 is 1. The summed E-state index contributed by atoms with van der Waals surface area (Å²) in [6.07, 6.45) is 5.35. The molecule has 1 aromatic carbocycles. The van der Waals surface area contributed by atoms with Crippen LogP contribution in [-0.2, 0) is 25.4 Å². The van der Waals surface area contributed by atoms with Gasteiger partial charge in [-0.3, -0.25) is 0 Å². The molecule has 2 aliphatic heterocycles. The first-order chi connectivity index (χ1) is 14.6. The summed E-state index contributed by atoms with van der Waals surface area (Å²) in [5, 5.41) is 0. The topological polar surface area (TPSA) is 65.1 Å². The van der Waals surface area contributed by atoms with Gasteiger partial charge in [-0.15, -0.1) is 0 Å². The Balaban J connectivity index is 1.33. The molecule has 0 aromatic heterocycles. The molecule has 3 aliphatic rings. The van der Waals surface area contributed by atoms with Crippen molar-refractivity contribution in [1.82, 2.24) is 4.90 Å². The quantitative estimate of drug-likeness (QED) is 0.694. The molecule has 30 heavy (non-hydrogen) atoms. The molecule has 1 amide bonds. The number of esters is 1. The first-order valence-corrected chi connectivity index (χ1v) is 11.0. The minimum absolute atomic E-state index is 0.0105. The van der Waals surface area contributed by atoms with Crippen LogP contribution in [0.5, 0.6) is 0 Å². The number of likely N-dealkylation sites (tertiary alicyclic amines) is 1. The number of nitrogens with zero attached hydrogens (tertiary/aromatic N) is 1. The Kier molecular flexibility index (Phi) is 6.30.